The molecule has 8 heteroatoms. The Morgan fingerprint density at radius 3 is 2.20 bits per heavy atom. The van der Waals surface area contributed by atoms with Gasteiger partial charge >= 0.3 is 0 Å². The number of nitrogens with two attached hydrogens (primary N) is 1. The van der Waals surface area contributed by atoms with E-state index in [0.29, 0.717) is 39.1 Å². The number of piperazine rings is 1. The van der Waals surface area contributed by atoms with Gasteiger partial charge in [0.25, 0.3) is 0 Å². The van der Waals surface area contributed by atoms with Crippen molar-refractivity contribution in [3.8, 4) is 0 Å². The van der Waals surface area contributed by atoms with Gasteiger partial charge in [0.05, 0.1) is 10.6 Å². The largest absolute Gasteiger partial charge is 0.392 e. The number of thiocarbonyl (C=S) groups is 1. The molecule has 1 atom stereocenters. The summed E-state index contributed by atoms with van der Waals surface area (Å²) in [6.07, 6.45) is 0.390. The summed E-state index contributed by atoms with van der Waals surface area (Å²) in [5, 5.41) is 9.01. The number of hydrogen-bond donors (Lipinski definition) is 2. The van der Waals surface area contributed by atoms with Crippen molar-refractivity contribution in [3.05, 3.63) is 0 Å². The van der Waals surface area contributed by atoms with E-state index >= 15 is 0 Å². The third-order valence-electron chi connectivity index (χ3n) is 3.35. The van der Waals surface area contributed by atoms with Crippen LogP contribution in [0.2, 0.25) is 0 Å². The summed E-state index contributed by atoms with van der Waals surface area (Å²) in [6, 6.07) is 0. The van der Waals surface area contributed by atoms with Crippen LogP contribution in [0.25, 0.3) is 0 Å². The van der Waals surface area contributed by atoms with Crippen molar-refractivity contribution in [2.24, 2.45) is 5.73 Å². The second-order valence-corrected chi connectivity index (χ2v) is 8.42. The zero-order valence-electron chi connectivity index (χ0n) is 12.4. The average Bonchev–Trinajstić information content (AvgIpc) is 2.27. The van der Waals surface area contributed by atoms with Gasteiger partial charge in [-0.1, -0.05) is 19.1 Å². The fourth-order valence-electron chi connectivity index (χ4n) is 2.43. The molecule has 0 saturated carbocycles. The maximum absolute atomic E-state index is 12.4. The number of aliphatic hydroxyl groups is 1. The number of hydrogen-bond acceptors (Lipinski definition) is 5. The standard InChI is InChI=1S/C12H25N3O3S2/c1-4-10(11(13)19)20(17,18)15-7-5-14(6-8-15)9-12(2,3)16/h10,16H,4-9H2,1-3H3,(H2,13,19). The van der Waals surface area contributed by atoms with Crippen molar-refractivity contribution in [2.45, 2.75) is 38.0 Å². The maximum Gasteiger partial charge on any atom is 0.223 e. The van der Waals surface area contributed by atoms with Crippen LogP contribution >= 0.6 is 12.2 Å². The smallest absolute Gasteiger partial charge is 0.223 e. The van der Waals surface area contributed by atoms with Crippen molar-refractivity contribution in [2.75, 3.05) is 32.7 Å². The SMILES string of the molecule is CCC(C(N)=S)S(=O)(=O)N1CCN(CC(C)(C)O)CC1. The van der Waals surface area contributed by atoms with Crippen molar-refractivity contribution in [1.29, 1.82) is 0 Å². The molecule has 0 aliphatic carbocycles. The van der Waals surface area contributed by atoms with Gasteiger partial charge in [-0.2, -0.15) is 4.31 Å². The lowest BCUT2D eigenvalue weighted by atomic mass is 10.1. The quantitative estimate of drug-likeness (QED) is 0.657. The molecule has 1 fully saturated rings. The van der Waals surface area contributed by atoms with Crippen LogP contribution in [-0.4, -0.2) is 71.3 Å². The molecule has 1 rings (SSSR count). The molecule has 0 amide bonds. The molecule has 0 radical (unpaired) electrons. The first-order valence-electron chi connectivity index (χ1n) is 6.81. The van der Waals surface area contributed by atoms with Crippen molar-refractivity contribution < 1.29 is 13.5 Å². The fourth-order valence-corrected chi connectivity index (χ4v) is 4.71. The van der Waals surface area contributed by atoms with Gasteiger partial charge in [-0.05, 0) is 20.3 Å². The summed E-state index contributed by atoms with van der Waals surface area (Å²) >= 11 is 4.86. The van der Waals surface area contributed by atoms with Gasteiger partial charge in [0.1, 0.15) is 5.25 Å². The van der Waals surface area contributed by atoms with E-state index in [1.807, 2.05) is 0 Å². The summed E-state index contributed by atoms with van der Waals surface area (Å²) in [6.45, 7) is 7.84. The van der Waals surface area contributed by atoms with Crippen LogP contribution in [0.5, 0.6) is 0 Å². The van der Waals surface area contributed by atoms with Gasteiger partial charge in [0.15, 0.2) is 0 Å². The van der Waals surface area contributed by atoms with Crippen molar-refractivity contribution in [3.63, 3.8) is 0 Å². The first-order chi connectivity index (χ1) is 9.08. The molecule has 20 heavy (non-hydrogen) atoms. The molecule has 3 N–H and O–H groups in total. The predicted molar refractivity (Wildman–Crippen MR) is 84.1 cm³/mol. The minimum Gasteiger partial charge on any atom is -0.392 e. The Morgan fingerprint density at radius 1 is 1.35 bits per heavy atom. The zero-order chi connectivity index (χ0) is 15.6. The molecule has 0 aromatic heterocycles. The Bertz CT molecular complexity index is 437. The minimum atomic E-state index is -3.46. The van der Waals surface area contributed by atoms with Crippen LogP contribution in [0.15, 0.2) is 0 Å². The van der Waals surface area contributed by atoms with Crippen LogP contribution in [0.3, 0.4) is 0 Å². The number of nitrogens with zero attached hydrogens (tertiary/aromatic N) is 2. The summed E-state index contributed by atoms with van der Waals surface area (Å²) in [5.74, 6) is 0. The molecule has 1 unspecified atom stereocenters. The normalized spacial score (nSPS) is 20.8. The highest BCUT2D eigenvalue weighted by Crippen LogP contribution is 2.17. The average molecular weight is 323 g/mol. The molecule has 118 valence electrons. The van der Waals surface area contributed by atoms with Crippen molar-refractivity contribution >= 4 is 27.2 Å². The van der Waals surface area contributed by atoms with Crippen LogP contribution in [0.1, 0.15) is 27.2 Å². The molecule has 1 aliphatic rings. The first kappa shape index (κ1) is 17.8. The molecule has 6 nitrogen and oxygen atoms in total. The van der Waals surface area contributed by atoms with Gasteiger partial charge in [0, 0.05) is 32.7 Å². The lowest BCUT2D eigenvalue weighted by Gasteiger charge is -2.37. The van der Waals surface area contributed by atoms with Crippen LogP contribution in [0, 0.1) is 0 Å². The topological polar surface area (TPSA) is 86.9 Å². The van der Waals surface area contributed by atoms with Crippen LogP contribution in [-0.2, 0) is 10.0 Å². The highest BCUT2D eigenvalue weighted by atomic mass is 32.2. The summed E-state index contributed by atoms with van der Waals surface area (Å²) in [5.41, 5.74) is 4.76. The van der Waals surface area contributed by atoms with Gasteiger partial charge in [-0.3, -0.25) is 4.90 Å². The number of β-amino-alcohol motifs (C(OH)–C–C–N with tert-alkyl or cyclic N) is 1. The third kappa shape index (κ3) is 4.63. The zero-order valence-corrected chi connectivity index (χ0v) is 14.0. The Labute approximate surface area is 127 Å². The van der Waals surface area contributed by atoms with Gasteiger partial charge in [-0.25, -0.2) is 8.42 Å². The van der Waals surface area contributed by atoms with Crippen molar-refractivity contribution in [1.82, 2.24) is 9.21 Å². The predicted octanol–water partition coefficient (Wildman–Crippen LogP) is -0.231. The van der Waals surface area contributed by atoms with E-state index in [1.165, 1.54) is 4.31 Å². The van der Waals surface area contributed by atoms with E-state index in [1.54, 1.807) is 20.8 Å². The molecule has 0 aromatic carbocycles. The fraction of sp³-hybridized carbons (Fsp3) is 0.917. The molecule has 0 bridgehead atoms. The van der Waals surface area contributed by atoms with E-state index in [4.69, 9.17) is 18.0 Å². The molecule has 1 saturated heterocycles. The Balaban J connectivity index is 2.67. The van der Waals surface area contributed by atoms with E-state index in [2.05, 4.69) is 4.90 Å². The maximum atomic E-state index is 12.4. The highest BCUT2D eigenvalue weighted by Gasteiger charge is 2.35. The van der Waals surface area contributed by atoms with Gasteiger partial charge in [-0.15, -0.1) is 0 Å². The monoisotopic (exact) mass is 323 g/mol. The highest BCUT2D eigenvalue weighted by molar-refractivity contribution is 7.92. The van der Waals surface area contributed by atoms with E-state index in [-0.39, 0.29) is 4.99 Å². The van der Waals surface area contributed by atoms with Gasteiger partial charge < -0.3 is 10.8 Å². The molecule has 1 heterocycles. The number of sulfonamides is 1. The molecule has 0 aromatic rings. The molecular weight excluding hydrogens is 298 g/mol. The van der Waals surface area contributed by atoms with E-state index < -0.39 is 20.9 Å². The summed E-state index contributed by atoms with van der Waals surface area (Å²) < 4.78 is 26.3. The minimum absolute atomic E-state index is 0.0337. The second kappa shape index (κ2) is 6.65. The Morgan fingerprint density at radius 2 is 1.85 bits per heavy atom. The Kier molecular flexibility index (Phi) is 5.91. The van der Waals surface area contributed by atoms with Gasteiger partial charge in [0.2, 0.25) is 10.0 Å². The second-order valence-electron chi connectivity index (χ2n) is 5.83. The van der Waals surface area contributed by atoms with Crippen LogP contribution in [0.4, 0.5) is 0 Å². The number of rotatable bonds is 6. The van der Waals surface area contributed by atoms with E-state index in [0.717, 1.165) is 0 Å². The summed E-state index contributed by atoms with van der Waals surface area (Å²) in [7, 11) is -3.46. The Hall–Kier alpha value is -0.280. The summed E-state index contributed by atoms with van der Waals surface area (Å²) in [4.78, 5) is 2.10. The lowest BCUT2D eigenvalue weighted by Crippen LogP contribution is -2.54. The van der Waals surface area contributed by atoms with E-state index in [9.17, 15) is 13.5 Å². The molecule has 0 spiro atoms. The molecule has 1 aliphatic heterocycles. The lowest BCUT2D eigenvalue weighted by molar-refractivity contribution is 0.0262. The molecular formula is C12H25N3O3S2. The third-order valence-corrected chi connectivity index (χ3v) is 6.17. The first-order valence-corrected chi connectivity index (χ1v) is 8.72. The van der Waals surface area contributed by atoms with Crippen LogP contribution < -0.4 is 5.73 Å².